The summed E-state index contributed by atoms with van der Waals surface area (Å²) in [7, 11) is 1.44. The Labute approximate surface area is 117 Å². The third-order valence-corrected chi connectivity index (χ3v) is 4.14. The predicted molar refractivity (Wildman–Crippen MR) is 77.2 cm³/mol. The van der Waals surface area contributed by atoms with Crippen LogP contribution in [0.4, 0.5) is 4.79 Å². The van der Waals surface area contributed by atoms with Gasteiger partial charge in [-0.2, -0.15) is 0 Å². The highest BCUT2D eigenvalue weighted by Crippen LogP contribution is 2.30. The molecule has 1 aromatic rings. The number of alkyl carbamates (subject to hydrolysis) is 1. The van der Waals surface area contributed by atoms with Gasteiger partial charge in [0, 0.05) is 22.9 Å². The molecule has 0 bridgehead atoms. The average molecular weight is 281 g/mol. The van der Waals surface area contributed by atoms with Crippen molar-refractivity contribution in [2.24, 2.45) is 5.92 Å². The number of carbonyl (C=O) groups is 2. The Hall–Kier alpha value is -1.62. The smallest absolute Gasteiger partial charge is 0.407 e. The van der Waals surface area contributed by atoms with E-state index >= 15 is 0 Å². The van der Waals surface area contributed by atoms with Crippen LogP contribution in [-0.2, 0) is 9.53 Å². The van der Waals surface area contributed by atoms with Crippen LogP contribution in [0.2, 0.25) is 0 Å². The number of carbonyl (C=O) groups excluding carboxylic acids is 2. The monoisotopic (exact) mass is 281 g/mol. The van der Waals surface area contributed by atoms with Crippen LogP contribution in [0.15, 0.2) is 17.9 Å². The van der Waals surface area contributed by atoms with Crippen LogP contribution in [0.3, 0.4) is 0 Å². The summed E-state index contributed by atoms with van der Waals surface area (Å²) in [6.07, 6.45) is 1.45. The second-order valence-corrected chi connectivity index (χ2v) is 5.72. The molecule has 0 aliphatic rings. The van der Waals surface area contributed by atoms with E-state index in [-0.39, 0.29) is 5.76 Å². The Morgan fingerprint density at radius 1 is 1.37 bits per heavy atom. The van der Waals surface area contributed by atoms with Gasteiger partial charge >= 0.3 is 6.09 Å². The van der Waals surface area contributed by atoms with Gasteiger partial charge in [-0.05, 0) is 24.0 Å². The first-order valence-electron chi connectivity index (χ1n) is 6.14. The SMILES string of the molecule is CNC(=O)O/C(C=O)=C\c1ccc(C(C)C(C)C)s1. The highest BCUT2D eigenvalue weighted by atomic mass is 32.1. The molecule has 19 heavy (non-hydrogen) atoms. The molecule has 1 aromatic heterocycles. The Kier molecular flexibility index (Phi) is 5.76. The lowest BCUT2D eigenvalue weighted by atomic mass is 9.97. The lowest BCUT2D eigenvalue weighted by Gasteiger charge is -2.12. The largest absolute Gasteiger partial charge is 0.412 e. The number of rotatable bonds is 5. The summed E-state index contributed by atoms with van der Waals surface area (Å²) in [4.78, 5) is 24.0. The van der Waals surface area contributed by atoms with Gasteiger partial charge in [0.2, 0.25) is 0 Å². The molecule has 0 saturated carbocycles. The number of allylic oxidation sites excluding steroid dienone is 1. The van der Waals surface area contributed by atoms with E-state index in [9.17, 15) is 9.59 Å². The molecule has 1 unspecified atom stereocenters. The van der Waals surface area contributed by atoms with Gasteiger partial charge in [-0.1, -0.05) is 20.8 Å². The van der Waals surface area contributed by atoms with Gasteiger partial charge in [0.1, 0.15) is 0 Å². The number of thiophene rings is 1. The number of nitrogens with one attached hydrogen (secondary N) is 1. The topological polar surface area (TPSA) is 55.4 Å². The molecule has 4 nitrogen and oxygen atoms in total. The highest BCUT2D eigenvalue weighted by molar-refractivity contribution is 7.13. The van der Waals surface area contributed by atoms with E-state index in [2.05, 4.69) is 26.1 Å². The molecule has 1 N–H and O–H groups in total. The van der Waals surface area contributed by atoms with Crippen molar-refractivity contribution in [2.75, 3.05) is 7.05 Å². The molecule has 0 radical (unpaired) electrons. The quantitative estimate of drug-likeness (QED) is 0.511. The molecule has 0 saturated heterocycles. The summed E-state index contributed by atoms with van der Waals surface area (Å²) in [5.41, 5.74) is 0. The van der Waals surface area contributed by atoms with Crippen LogP contribution in [0, 0.1) is 5.92 Å². The first-order valence-corrected chi connectivity index (χ1v) is 6.95. The van der Waals surface area contributed by atoms with Crippen LogP contribution in [0.5, 0.6) is 0 Å². The summed E-state index contributed by atoms with van der Waals surface area (Å²) in [5.74, 6) is 1.03. The van der Waals surface area contributed by atoms with E-state index < -0.39 is 6.09 Å². The van der Waals surface area contributed by atoms with Crippen molar-refractivity contribution in [1.29, 1.82) is 0 Å². The first-order chi connectivity index (χ1) is 8.97. The van der Waals surface area contributed by atoms with E-state index in [1.165, 1.54) is 11.9 Å². The minimum Gasteiger partial charge on any atom is -0.407 e. The second kappa shape index (κ2) is 7.09. The van der Waals surface area contributed by atoms with Gasteiger partial charge in [0.05, 0.1) is 0 Å². The van der Waals surface area contributed by atoms with Crippen molar-refractivity contribution in [3.8, 4) is 0 Å². The zero-order valence-electron chi connectivity index (χ0n) is 11.6. The Morgan fingerprint density at radius 2 is 2.05 bits per heavy atom. The zero-order chi connectivity index (χ0) is 14.4. The summed E-state index contributed by atoms with van der Waals surface area (Å²) in [6, 6.07) is 3.97. The van der Waals surface area contributed by atoms with Crippen LogP contribution in [-0.4, -0.2) is 19.4 Å². The molecule has 0 aliphatic carbocycles. The van der Waals surface area contributed by atoms with E-state index in [1.54, 1.807) is 17.4 Å². The van der Waals surface area contributed by atoms with Crippen molar-refractivity contribution in [3.05, 3.63) is 27.6 Å². The number of ether oxygens (including phenoxy) is 1. The first kappa shape index (κ1) is 15.4. The standard InChI is InChI=1S/C14H19NO3S/c1-9(2)10(3)13-6-5-12(19-13)7-11(8-16)18-14(17)15-4/h5-10H,1-4H3,(H,15,17)/b11-7-. The normalized spacial score (nSPS) is 13.2. The van der Waals surface area contributed by atoms with Crippen molar-refractivity contribution in [3.63, 3.8) is 0 Å². The van der Waals surface area contributed by atoms with Crippen LogP contribution < -0.4 is 5.32 Å². The zero-order valence-corrected chi connectivity index (χ0v) is 12.4. The lowest BCUT2D eigenvalue weighted by Crippen LogP contribution is -2.19. The van der Waals surface area contributed by atoms with Gasteiger partial charge < -0.3 is 10.1 Å². The second-order valence-electron chi connectivity index (χ2n) is 4.58. The van der Waals surface area contributed by atoms with Crippen molar-refractivity contribution < 1.29 is 14.3 Å². The fraction of sp³-hybridized carbons (Fsp3) is 0.429. The minimum atomic E-state index is -0.648. The molecule has 104 valence electrons. The van der Waals surface area contributed by atoms with E-state index in [0.29, 0.717) is 18.1 Å². The molecular weight excluding hydrogens is 262 g/mol. The lowest BCUT2D eigenvalue weighted by molar-refractivity contribution is -0.106. The molecule has 1 atom stereocenters. The molecule has 1 amide bonds. The van der Waals surface area contributed by atoms with Gasteiger partial charge in [-0.15, -0.1) is 11.3 Å². The molecule has 1 heterocycles. The van der Waals surface area contributed by atoms with Crippen molar-refractivity contribution in [2.45, 2.75) is 26.7 Å². The third kappa shape index (κ3) is 4.52. The highest BCUT2D eigenvalue weighted by Gasteiger charge is 2.12. The average Bonchev–Trinajstić information content (AvgIpc) is 2.84. The van der Waals surface area contributed by atoms with E-state index in [1.807, 2.05) is 12.1 Å². The van der Waals surface area contributed by atoms with Crippen LogP contribution >= 0.6 is 11.3 Å². The molecule has 0 aromatic carbocycles. The Balaban J connectivity index is 2.85. The van der Waals surface area contributed by atoms with Gasteiger partial charge in [0.15, 0.2) is 12.0 Å². The fourth-order valence-corrected chi connectivity index (χ4v) is 2.58. The molecule has 0 fully saturated rings. The molecular formula is C14H19NO3S. The summed E-state index contributed by atoms with van der Waals surface area (Å²) < 4.78 is 4.82. The minimum absolute atomic E-state index is 0.00458. The molecule has 1 rings (SSSR count). The number of hydrogen-bond donors (Lipinski definition) is 1. The fourth-order valence-electron chi connectivity index (χ4n) is 1.41. The van der Waals surface area contributed by atoms with Gasteiger partial charge in [-0.3, -0.25) is 4.79 Å². The van der Waals surface area contributed by atoms with Crippen molar-refractivity contribution in [1.82, 2.24) is 5.32 Å². The molecule has 0 spiro atoms. The number of aldehydes is 1. The summed E-state index contributed by atoms with van der Waals surface area (Å²) in [6.45, 7) is 6.52. The Morgan fingerprint density at radius 3 is 2.58 bits per heavy atom. The third-order valence-electron chi connectivity index (χ3n) is 2.91. The maximum absolute atomic E-state index is 11.0. The van der Waals surface area contributed by atoms with E-state index in [4.69, 9.17) is 4.74 Å². The van der Waals surface area contributed by atoms with Crippen LogP contribution in [0.25, 0.3) is 6.08 Å². The maximum atomic E-state index is 11.0. The molecule has 5 heteroatoms. The van der Waals surface area contributed by atoms with Gasteiger partial charge in [-0.25, -0.2) is 4.79 Å². The summed E-state index contributed by atoms with van der Waals surface area (Å²) in [5, 5.41) is 2.30. The van der Waals surface area contributed by atoms with E-state index in [0.717, 1.165) is 4.88 Å². The van der Waals surface area contributed by atoms with Crippen molar-refractivity contribution >= 4 is 29.8 Å². The van der Waals surface area contributed by atoms with Gasteiger partial charge in [0.25, 0.3) is 0 Å². The Bertz CT molecular complexity index is 477. The maximum Gasteiger partial charge on any atom is 0.412 e. The van der Waals surface area contributed by atoms with Crippen LogP contribution in [0.1, 0.15) is 36.4 Å². The number of amides is 1. The molecule has 0 aliphatic heterocycles. The predicted octanol–water partition coefficient (Wildman–Crippen LogP) is 3.40. The number of hydrogen-bond acceptors (Lipinski definition) is 4. The summed E-state index contributed by atoms with van der Waals surface area (Å²) >= 11 is 1.60.